The molecule has 0 saturated carbocycles. The van der Waals surface area contributed by atoms with Crippen molar-refractivity contribution in [2.24, 2.45) is 4.99 Å². The van der Waals surface area contributed by atoms with Crippen LogP contribution in [0.5, 0.6) is 5.75 Å². The molecule has 1 aromatic rings. The molecule has 4 heteroatoms. The number of nitrogens with zero attached hydrogens (tertiary/aromatic N) is 1. The van der Waals surface area contributed by atoms with Gasteiger partial charge in [-0.3, -0.25) is 4.99 Å². The third kappa shape index (κ3) is 9.67. The monoisotopic (exact) mass is 442 g/mol. The summed E-state index contributed by atoms with van der Waals surface area (Å²) in [6, 6.07) is 6.54. The summed E-state index contributed by atoms with van der Waals surface area (Å²) in [4.78, 5) is 4.87. The van der Waals surface area contributed by atoms with Crippen LogP contribution in [0.2, 0.25) is 0 Å². The molecule has 3 nitrogen and oxygen atoms in total. The van der Waals surface area contributed by atoms with Gasteiger partial charge in [-0.15, -0.1) is 0 Å². The predicted molar refractivity (Wildman–Crippen MR) is 139 cm³/mol. The molecular weight excluding hydrogens is 399 g/mol. The van der Waals surface area contributed by atoms with Gasteiger partial charge in [0.15, 0.2) is 11.6 Å². The number of rotatable bonds is 9. The predicted octanol–water partition coefficient (Wildman–Crippen LogP) is 7.82. The minimum atomic E-state index is -0.362. The van der Waals surface area contributed by atoms with Crippen LogP contribution in [-0.4, -0.2) is 24.5 Å². The van der Waals surface area contributed by atoms with E-state index in [9.17, 15) is 4.39 Å². The number of hydrogen-bond donors (Lipinski definition) is 1. The zero-order chi connectivity index (χ0) is 24.4. The average molecular weight is 443 g/mol. The quantitative estimate of drug-likeness (QED) is 0.395. The van der Waals surface area contributed by atoms with Gasteiger partial charge in [0.2, 0.25) is 0 Å². The number of benzene rings is 1. The maximum atomic E-state index is 13.8. The molecule has 0 aromatic heterocycles. The van der Waals surface area contributed by atoms with Gasteiger partial charge in [-0.05, 0) is 58.2 Å². The van der Waals surface area contributed by atoms with Crippen molar-refractivity contribution in [2.45, 2.75) is 80.3 Å². The van der Waals surface area contributed by atoms with Gasteiger partial charge in [-0.2, -0.15) is 0 Å². The Hall–Kier alpha value is -2.62. The zero-order valence-electron chi connectivity index (χ0n) is 21.3. The Balaban J connectivity index is 0.00000227. The van der Waals surface area contributed by atoms with Crippen molar-refractivity contribution in [3.63, 3.8) is 0 Å². The second kappa shape index (κ2) is 18.0. The highest BCUT2D eigenvalue weighted by Crippen LogP contribution is 2.25. The van der Waals surface area contributed by atoms with Crippen molar-refractivity contribution < 1.29 is 9.13 Å². The molecule has 2 atom stereocenters. The van der Waals surface area contributed by atoms with E-state index in [1.54, 1.807) is 18.2 Å². The van der Waals surface area contributed by atoms with E-state index in [2.05, 4.69) is 55.6 Å². The lowest BCUT2D eigenvalue weighted by Crippen LogP contribution is -2.38. The van der Waals surface area contributed by atoms with Crippen molar-refractivity contribution in [1.82, 2.24) is 5.32 Å². The Morgan fingerprint density at radius 2 is 1.72 bits per heavy atom. The summed E-state index contributed by atoms with van der Waals surface area (Å²) in [5.41, 5.74) is 2.50. The molecule has 32 heavy (non-hydrogen) atoms. The highest BCUT2D eigenvalue weighted by atomic mass is 19.1. The molecule has 178 valence electrons. The first-order valence-corrected chi connectivity index (χ1v) is 11.8. The summed E-state index contributed by atoms with van der Waals surface area (Å²) in [6.45, 7) is 16.4. The van der Waals surface area contributed by atoms with Crippen LogP contribution >= 0.6 is 0 Å². The topological polar surface area (TPSA) is 33.6 Å². The summed E-state index contributed by atoms with van der Waals surface area (Å²) < 4.78 is 19.5. The Kier molecular flexibility index (Phi) is 16.5. The number of ether oxygens (including phenoxy) is 1. The molecule has 0 amide bonds. The van der Waals surface area contributed by atoms with Crippen LogP contribution in [0.25, 0.3) is 0 Å². The van der Waals surface area contributed by atoms with Gasteiger partial charge in [0.05, 0.1) is 12.1 Å². The first kappa shape index (κ1) is 29.4. The lowest BCUT2D eigenvalue weighted by Gasteiger charge is -2.22. The molecular formula is C28H43FN2O. The minimum Gasteiger partial charge on any atom is -0.483 e. The van der Waals surface area contributed by atoms with Crippen LogP contribution in [0, 0.1) is 5.82 Å². The third-order valence-corrected chi connectivity index (χ3v) is 4.77. The standard InChI is InChI=1S/C24H31FN2O.2C2H6/c1-5-8-10-13-18(4)23-24(19(7-3)14-9-6-2)27-22(26-23)17-28-21-16-12-11-15-20(21)25;2*1-2/h5-9,11-13,15-16,23-24H,10,14,17H2,1-4H3,(H,26,27);2*1-2H3/b8-5-,9-6-,18-13+,19-7+;;/t23-,24+;;/m1../s1. The van der Waals surface area contributed by atoms with Gasteiger partial charge < -0.3 is 10.1 Å². The second-order valence-electron chi connectivity index (χ2n) is 6.75. The Morgan fingerprint density at radius 1 is 1.06 bits per heavy atom. The molecule has 0 aliphatic carbocycles. The van der Waals surface area contributed by atoms with Crippen LogP contribution in [0.15, 0.2) is 76.9 Å². The molecule has 0 bridgehead atoms. The normalized spacial score (nSPS) is 18.5. The average Bonchev–Trinajstić information content (AvgIpc) is 3.26. The molecule has 0 radical (unpaired) electrons. The van der Waals surface area contributed by atoms with E-state index >= 15 is 0 Å². The van der Waals surface area contributed by atoms with Crippen molar-refractivity contribution in [1.29, 1.82) is 0 Å². The first-order chi connectivity index (χ1) is 15.6. The zero-order valence-corrected chi connectivity index (χ0v) is 21.3. The van der Waals surface area contributed by atoms with Crippen LogP contribution in [0.4, 0.5) is 4.39 Å². The summed E-state index contributed by atoms with van der Waals surface area (Å²) in [6.07, 6.45) is 14.5. The fourth-order valence-electron chi connectivity index (χ4n) is 3.17. The molecule has 1 N–H and O–H groups in total. The van der Waals surface area contributed by atoms with Crippen LogP contribution in [-0.2, 0) is 0 Å². The summed E-state index contributed by atoms with van der Waals surface area (Å²) in [5.74, 6) is 0.628. The highest BCUT2D eigenvalue weighted by Gasteiger charge is 2.31. The number of para-hydroxylation sites is 1. The third-order valence-electron chi connectivity index (χ3n) is 4.77. The fourth-order valence-corrected chi connectivity index (χ4v) is 3.17. The maximum Gasteiger partial charge on any atom is 0.165 e. The molecule has 0 unspecified atom stereocenters. The van der Waals surface area contributed by atoms with Gasteiger partial charge in [0, 0.05) is 0 Å². The fraction of sp³-hybridized carbons (Fsp3) is 0.464. The lowest BCUT2D eigenvalue weighted by molar-refractivity contribution is 0.350. The first-order valence-electron chi connectivity index (χ1n) is 11.8. The maximum absolute atomic E-state index is 13.8. The van der Waals surface area contributed by atoms with E-state index < -0.39 is 0 Å². The highest BCUT2D eigenvalue weighted by molar-refractivity contribution is 5.87. The number of amidine groups is 1. The van der Waals surface area contributed by atoms with E-state index in [0.717, 1.165) is 18.7 Å². The van der Waals surface area contributed by atoms with Crippen molar-refractivity contribution in [2.75, 3.05) is 6.61 Å². The number of halogens is 1. The lowest BCUT2D eigenvalue weighted by atomic mass is 9.92. The van der Waals surface area contributed by atoms with Crippen LogP contribution < -0.4 is 10.1 Å². The van der Waals surface area contributed by atoms with E-state index in [-0.39, 0.29) is 30.3 Å². The summed E-state index contributed by atoms with van der Waals surface area (Å²) in [5, 5.41) is 3.50. The molecule has 0 saturated heterocycles. The Morgan fingerprint density at radius 3 is 2.31 bits per heavy atom. The number of nitrogens with one attached hydrogen (secondary N) is 1. The largest absolute Gasteiger partial charge is 0.483 e. The van der Waals surface area contributed by atoms with Gasteiger partial charge >= 0.3 is 0 Å². The van der Waals surface area contributed by atoms with Crippen molar-refractivity contribution >= 4 is 5.84 Å². The molecule has 1 heterocycles. The summed E-state index contributed by atoms with van der Waals surface area (Å²) >= 11 is 0. The number of allylic oxidation sites excluding steroid dienone is 6. The van der Waals surface area contributed by atoms with Crippen LogP contribution in [0.1, 0.15) is 68.2 Å². The van der Waals surface area contributed by atoms with E-state index in [1.165, 1.54) is 17.2 Å². The van der Waals surface area contributed by atoms with E-state index in [4.69, 9.17) is 9.73 Å². The Labute approximate surface area is 195 Å². The SMILES string of the molecule is C/C=C\C/C=C(\C)[C@H]1N=C(COc2ccccc2F)N[C@H]1/C(=C/C)C/C=C\C.CC.CC. The number of hydrogen-bond acceptors (Lipinski definition) is 3. The molecule has 2 rings (SSSR count). The molecule has 1 aromatic carbocycles. The molecule has 1 aliphatic rings. The molecule has 0 spiro atoms. The van der Waals surface area contributed by atoms with E-state index in [0.29, 0.717) is 0 Å². The summed E-state index contributed by atoms with van der Waals surface area (Å²) in [7, 11) is 0. The molecule has 0 fully saturated rings. The van der Waals surface area contributed by atoms with E-state index in [1.807, 2.05) is 41.5 Å². The van der Waals surface area contributed by atoms with Gasteiger partial charge in [-0.25, -0.2) is 4.39 Å². The van der Waals surface area contributed by atoms with Gasteiger partial charge in [-0.1, -0.05) is 81.9 Å². The van der Waals surface area contributed by atoms with Gasteiger partial charge in [0.1, 0.15) is 12.4 Å². The van der Waals surface area contributed by atoms with Crippen LogP contribution in [0.3, 0.4) is 0 Å². The number of aliphatic imine (C=N–C) groups is 1. The molecule has 1 aliphatic heterocycles. The smallest absolute Gasteiger partial charge is 0.165 e. The second-order valence-corrected chi connectivity index (χ2v) is 6.75. The van der Waals surface area contributed by atoms with Gasteiger partial charge in [0.25, 0.3) is 0 Å². The van der Waals surface area contributed by atoms with Crippen molar-refractivity contribution in [3.05, 3.63) is 77.7 Å². The van der Waals surface area contributed by atoms with Crippen molar-refractivity contribution in [3.8, 4) is 5.75 Å². The minimum absolute atomic E-state index is 0.0148. The Bertz CT molecular complexity index is 790.